The second kappa shape index (κ2) is 6.89. The van der Waals surface area contributed by atoms with Gasteiger partial charge in [0, 0.05) is 5.69 Å². The zero-order valence-corrected chi connectivity index (χ0v) is 13.0. The number of aryl methyl sites for hydroxylation is 2. The molecule has 0 radical (unpaired) electrons. The van der Waals surface area contributed by atoms with Crippen LogP contribution in [0.2, 0.25) is 0 Å². The predicted octanol–water partition coefficient (Wildman–Crippen LogP) is 3.27. The average molecular weight is 297 g/mol. The second-order valence-electron chi connectivity index (χ2n) is 5.22. The van der Waals surface area contributed by atoms with Crippen LogP contribution in [0.1, 0.15) is 27.0 Å². The molecule has 0 bridgehead atoms. The van der Waals surface area contributed by atoms with Crippen molar-refractivity contribution in [2.75, 3.05) is 12.4 Å². The van der Waals surface area contributed by atoms with Crippen molar-refractivity contribution in [1.82, 2.24) is 0 Å². The first-order valence-electron chi connectivity index (χ1n) is 7.04. The molecule has 4 nitrogen and oxygen atoms in total. The third kappa shape index (κ3) is 3.95. The number of ether oxygens (including phenoxy) is 1. The quantitative estimate of drug-likeness (QED) is 0.881. The molecule has 0 aliphatic carbocycles. The number of nitrogens with one attached hydrogen (secondary N) is 1. The normalized spacial score (nSPS) is 10.1. The standard InChI is InChI=1S/C18H19NO3/c1-12-7-8-14(9-13(12)2)10-17(20)19-16-6-4-5-15(11-16)18(21)22-3/h4-9,11H,10H2,1-3H3,(H,19,20). The van der Waals surface area contributed by atoms with E-state index in [4.69, 9.17) is 0 Å². The third-order valence-corrected chi connectivity index (χ3v) is 3.50. The van der Waals surface area contributed by atoms with E-state index in [1.54, 1.807) is 24.3 Å². The largest absolute Gasteiger partial charge is 0.465 e. The van der Waals surface area contributed by atoms with E-state index in [9.17, 15) is 9.59 Å². The van der Waals surface area contributed by atoms with Crippen molar-refractivity contribution in [2.24, 2.45) is 0 Å². The summed E-state index contributed by atoms with van der Waals surface area (Å²) in [6, 6.07) is 12.7. The van der Waals surface area contributed by atoms with E-state index in [-0.39, 0.29) is 5.91 Å². The maximum absolute atomic E-state index is 12.1. The molecule has 0 aliphatic heterocycles. The predicted molar refractivity (Wildman–Crippen MR) is 86.0 cm³/mol. The Kier molecular flexibility index (Phi) is 4.94. The van der Waals surface area contributed by atoms with Crippen LogP contribution in [0.4, 0.5) is 5.69 Å². The molecule has 0 spiro atoms. The molecule has 0 aliphatic rings. The topological polar surface area (TPSA) is 55.4 Å². The lowest BCUT2D eigenvalue weighted by atomic mass is 10.0. The molecular weight excluding hydrogens is 278 g/mol. The number of hydrogen-bond donors (Lipinski definition) is 1. The van der Waals surface area contributed by atoms with Gasteiger partial charge in [-0.25, -0.2) is 4.79 Å². The van der Waals surface area contributed by atoms with Crippen molar-refractivity contribution in [1.29, 1.82) is 0 Å². The first-order valence-corrected chi connectivity index (χ1v) is 7.04. The molecule has 114 valence electrons. The van der Waals surface area contributed by atoms with E-state index in [1.807, 2.05) is 32.0 Å². The van der Waals surface area contributed by atoms with Crippen molar-refractivity contribution in [2.45, 2.75) is 20.3 Å². The van der Waals surface area contributed by atoms with Gasteiger partial charge in [0.1, 0.15) is 0 Å². The molecule has 22 heavy (non-hydrogen) atoms. The molecule has 0 saturated carbocycles. The van der Waals surface area contributed by atoms with Gasteiger partial charge in [-0.05, 0) is 48.7 Å². The fraction of sp³-hybridized carbons (Fsp3) is 0.222. The molecule has 0 fully saturated rings. The van der Waals surface area contributed by atoms with Gasteiger partial charge in [0.15, 0.2) is 0 Å². The fourth-order valence-corrected chi connectivity index (χ4v) is 2.15. The summed E-state index contributed by atoms with van der Waals surface area (Å²) in [4.78, 5) is 23.6. The van der Waals surface area contributed by atoms with E-state index >= 15 is 0 Å². The Balaban J connectivity index is 2.05. The van der Waals surface area contributed by atoms with Gasteiger partial charge in [-0.3, -0.25) is 4.79 Å². The summed E-state index contributed by atoms with van der Waals surface area (Å²) in [6.45, 7) is 4.06. The smallest absolute Gasteiger partial charge is 0.337 e. The van der Waals surface area contributed by atoms with Crippen molar-refractivity contribution < 1.29 is 14.3 Å². The highest BCUT2D eigenvalue weighted by molar-refractivity contribution is 5.95. The van der Waals surface area contributed by atoms with Crippen molar-refractivity contribution in [3.8, 4) is 0 Å². The molecule has 4 heteroatoms. The SMILES string of the molecule is COC(=O)c1cccc(NC(=O)Cc2ccc(C)c(C)c2)c1. The fourth-order valence-electron chi connectivity index (χ4n) is 2.15. The summed E-state index contributed by atoms with van der Waals surface area (Å²) in [6.07, 6.45) is 0.295. The molecule has 2 rings (SSSR count). The first-order chi connectivity index (χ1) is 10.5. The number of rotatable bonds is 4. The molecule has 2 aromatic carbocycles. The van der Waals surface area contributed by atoms with Crippen molar-refractivity contribution >= 4 is 17.6 Å². The number of anilines is 1. The molecule has 1 N–H and O–H groups in total. The van der Waals surface area contributed by atoms with Gasteiger partial charge in [-0.2, -0.15) is 0 Å². The summed E-state index contributed by atoms with van der Waals surface area (Å²) >= 11 is 0. The van der Waals surface area contributed by atoms with Gasteiger partial charge >= 0.3 is 5.97 Å². The molecule has 0 saturated heterocycles. The van der Waals surface area contributed by atoms with Crippen LogP contribution >= 0.6 is 0 Å². The second-order valence-corrected chi connectivity index (χ2v) is 5.22. The number of hydrogen-bond acceptors (Lipinski definition) is 3. The molecule has 1 amide bonds. The summed E-state index contributed by atoms with van der Waals surface area (Å²) in [5.74, 6) is -0.546. The average Bonchev–Trinajstić information content (AvgIpc) is 2.50. The monoisotopic (exact) mass is 297 g/mol. The first kappa shape index (κ1) is 15.8. The number of benzene rings is 2. The van der Waals surface area contributed by atoms with Crippen LogP contribution in [0.25, 0.3) is 0 Å². The maximum Gasteiger partial charge on any atom is 0.337 e. The number of amides is 1. The van der Waals surface area contributed by atoms with E-state index in [0.29, 0.717) is 17.7 Å². The summed E-state index contributed by atoms with van der Waals surface area (Å²) < 4.78 is 4.66. The lowest BCUT2D eigenvalue weighted by molar-refractivity contribution is -0.115. The minimum absolute atomic E-state index is 0.120. The van der Waals surface area contributed by atoms with Gasteiger partial charge < -0.3 is 10.1 Å². The van der Waals surface area contributed by atoms with Crippen molar-refractivity contribution in [3.63, 3.8) is 0 Å². The summed E-state index contributed by atoms with van der Waals surface area (Å²) in [5, 5.41) is 2.80. The number of esters is 1. The maximum atomic E-state index is 12.1. The van der Waals surface area contributed by atoms with Gasteiger partial charge in [-0.1, -0.05) is 24.3 Å². The Morgan fingerprint density at radius 2 is 1.82 bits per heavy atom. The van der Waals surface area contributed by atoms with Gasteiger partial charge in [0.05, 0.1) is 19.1 Å². The highest BCUT2D eigenvalue weighted by Gasteiger charge is 2.08. The zero-order valence-electron chi connectivity index (χ0n) is 13.0. The van der Waals surface area contributed by atoms with Gasteiger partial charge in [0.2, 0.25) is 5.91 Å². The van der Waals surface area contributed by atoms with E-state index in [1.165, 1.54) is 12.7 Å². The van der Waals surface area contributed by atoms with Gasteiger partial charge in [-0.15, -0.1) is 0 Å². The Morgan fingerprint density at radius 3 is 2.50 bits per heavy atom. The highest BCUT2D eigenvalue weighted by atomic mass is 16.5. The molecule has 0 heterocycles. The van der Waals surface area contributed by atoms with E-state index < -0.39 is 5.97 Å². The van der Waals surface area contributed by atoms with Crippen LogP contribution < -0.4 is 5.32 Å². The number of methoxy groups -OCH3 is 1. The minimum Gasteiger partial charge on any atom is -0.465 e. The molecule has 2 aromatic rings. The number of carbonyl (C=O) groups is 2. The summed E-state index contributed by atoms with van der Waals surface area (Å²) in [7, 11) is 1.33. The van der Waals surface area contributed by atoms with Crippen LogP contribution in [0, 0.1) is 13.8 Å². The van der Waals surface area contributed by atoms with E-state index in [0.717, 1.165) is 11.1 Å². The third-order valence-electron chi connectivity index (χ3n) is 3.50. The van der Waals surface area contributed by atoms with Crippen molar-refractivity contribution in [3.05, 3.63) is 64.7 Å². The Bertz CT molecular complexity index is 707. The zero-order chi connectivity index (χ0) is 16.1. The Hall–Kier alpha value is -2.62. The summed E-state index contributed by atoms with van der Waals surface area (Å²) in [5.41, 5.74) is 4.32. The van der Waals surface area contributed by atoms with Crippen LogP contribution in [0.3, 0.4) is 0 Å². The van der Waals surface area contributed by atoms with Crippen LogP contribution in [-0.4, -0.2) is 19.0 Å². The number of carbonyl (C=O) groups excluding carboxylic acids is 2. The minimum atomic E-state index is -0.426. The molecule has 0 aromatic heterocycles. The lowest BCUT2D eigenvalue weighted by Gasteiger charge is -2.08. The molecular formula is C18H19NO3. The Labute approximate surface area is 130 Å². The Morgan fingerprint density at radius 1 is 1.05 bits per heavy atom. The molecule has 0 atom stereocenters. The van der Waals surface area contributed by atoms with Crippen LogP contribution in [-0.2, 0) is 16.0 Å². The lowest BCUT2D eigenvalue weighted by Crippen LogP contribution is -2.15. The van der Waals surface area contributed by atoms with Crippen LogP contribution in [0.15, 0.2) is 42.5 Å². The van der Waals surface area contributed by atoms with Crippen LogP contribution in [0.5, 0.6) is 0 Å². The van der Waals surface area contributed by atoms with Gasteiger partial charge in [0.25, 0.3) is 0 Å². The van der Waals surface area contributed by atoms with E-state index in [2.05, 4.69) is 10.1 Å². The molecule has 0 unspecified atom stereocenters. The highest BCUT2D eigenvalue weighted by Crippen LogP contribution is 2.14.